The molecule has 3 atom stereocenters. The van der Waals surface area contributed by atoms with Crippen molar-refractivity contribution in [3.63, 3.8) is 0 Å². The molecule has 0 amide bonds. The molecular formula is C12H14ClN5O2. The molecule has 8 heteroatoms. The van der Waals surface area contributed by atoms with Gasteiger partial charge in [-0.15, -0.1) is 0 Å². The molecule has 2 N–H and O–H groups in total. The van der Waals surface area contributed by atoms with E-state index in [9.17, 15) is 5.11 Å². The first-order chi connectivity index (χ1) is 9.69. The number of nitrogens with one attached hydrogen (secondary N) is 1. The van der Waals surface area contributed by atoms with E-state index in [2.05, 4.69) is 20.4 Å². The number of anilines is 1. The molecule has 0 bridgehead atoms. The average molecular weight is 296 g/mol. The van der Waals surface area contributed by atoms with Gasteiger partial charge in [0.15, 0.2) is 5.82 Å². The van der Waals surface area contributed by atoms with E-state index in [1.54, 1.807) is 10.9 Å². The molecule has 0 spiro atoms. The van der Waals surface area contributed by atoms with Crippen molar-refractivity contribution in [3.8, 4) is 6.01 Å². The van der Waals surface area contributed by atoms with Gasteiger partial charge < -0.3 is 15.2 Å². The Bertz CT molecular complexity index is 592. The number of aromatic nitrogens is 4. The molecular weight excluding hydrogens is 282 g/mol. The van der Waals surface area contributed by atoms with Crippen LogP contribution in [-0.4, -0.2) is 44.1 Å². The van der Waals surface area contributed by atoms with E-state index in [0.717, 1.165) is 0 Å². The highest BCUT2D eigenvalue weighted by Crippen LogP contribution is 2.35. The molecule has 20 heavy (non-hydrogen) atoms. The smallest absolute Gasteiger partial charge is 0.318 e. The third-order valence-corrected chi connectivity index (χ3v) is 3.64. The normalized spacial score (nSPS) is 25.1. The lowest BCUT2D eigenvalue weighted by molar-refractivity contribution is 0.0133. The molecule has 0 aromatic carbocycles. The van der Waals surface area contributed by atoms with Gasteiger partial charge in [0.25, 0.3) is 0 Å². The summed E-state index contributed by atoms with van der Waals surface area (Å²) in [7, 11) is 1.49. The highest BCUT2D eigenvalue weighted by Gasteiger charge is 2.42. The second-order valence-corrected chi connectivity index (χ2v) is 4.99. The van der Waals surface area contributed by atoms with Gasteiger partial charge in [0.05, 0.1) is 31.5 Å². The van der Waals surface area contributed by atoms with Gasteiger partial charge in [-0.2, -0.15) is 10.1 Å². The maximum absolute atomic E-state index is 9.91. The largest absolute Gasteiger partial charge is 0.467 e. The molecule has 106 valence electrons. The summed E-state index contributed by atoms with van der Waals surface area (Å²) in [5.41, 5.74) is 0. The van der Waals surface area contributed by atoms with E-state index in [-0.39, 0.29) is 18.1 Å². The average Bonchev–Trinajstić information content (AvgIpc) is 2.93. The van der Waals surface area contributed by atoms with Gasteiger partial charge in [-0.1, -0.05) is 11.6 Å². The van der Waals surface area contributed by atoms with Gasteiger partial charge >= 0.3 is 6.01 Å². The van der Waals surface area contributed by atoms with E-state index in [4.69, 9.17) is 16.3 Å². The second-order valence-electron chi connectivity index (χ2n) is 4.58. The fraction of sp³-hybridized carbons (Fsp3) is 0.417. The zero-order valence-corrected chi connectivity index (χ0v) is 11.5. The van der Waals surface area contributed by atoms with Crippen molar-refractivity contribution in [2.24, 2.45) is 0 Å². The quantitative estimate of drug-likeness (QED) is 0.879. The lowest BCUT2D eigenvalue weighted by atomic mass is 9.83. The number of hydrogen-bond acceptors (Lipinski definition) is 6. The molecule has 0 radical (unpaired) electrons. The molecule has 1 fully saturated rings. The lowest BCUT2D eigenvalue weighted by Crippen LogP contribution is -2.51. The first-order valence-electron chi connectivity index (χ1n) is 6.19. The Balaban J connectivity index is 1.78. The van der Waals surface area contributed by atoms with Crippen molar-refractivity contribution in [3.05, 3.63) is 29.7 Å². The van der Waals surface area contributed by atoms with Crippen LogP contribution in [-0.2, 0) is 0 Å². The van der Waals surface area contributed by atoms with Crippen molar-refractivity contribution in [1.82, 2.24) is 19.7 Å². The SMILES string of the molecule is COc1ncc(Cl)c(N[C@H]2C[C@@H](O)[C@@H]2n2cccn2)n1. The van der Waals surface area contributed by atoms with Crippen LogP contribution in [0.1, 0.15) is 12.5 Å². The van der Waals surface area contributed by atoms with Crippen molar-refractivity contribution in [1.29, 1.82) is 0 Å². The first kappa shape index (κ1) is 13.1. The zero-order valence-electron chi connectivity index (χ0n) is 10.8. The van der Waals surface area contributed by atoms with E-state index < -0.39 is 6.10 Å². The Morgan fingerprint density at radius 3 is 3.05 bits per heavy atom. The molecule has 1 aliphatic carbocycles. The summed E-state index contributed by atoms with van der Waals surface area (Å²) in [6.07, 6.45) is 5.16. The highest BCUT2D eigenvalue weighted by molar-refractivity contribution is 6.32. The topological polar surface area (TPSA) is 85.1 Å². The standard InChI is InChI=1S/C12H14ClN5O2/c1-20-12-14-6-7(13)11(17-12)16-8-5-9(19)10(8)18-4-2-3-15-18/h2-4,6,8-10,19H,5H2,1H3,(H,14,16,17)/t8-,9+,10+/m0/s1. The Morgan fingerprint density at radius 1 is 1.55 bits per heavy atom. The van der Waals surface area contributed by atoms with Gasteiger partial charge in [-0.25, -0.2) is 4.98 Å². The van der Waals surface area contributed by atoms with Crippen LogP contribution >= 0.6 is 11.6 Å². The van der Waals surface area contributed by atoms with Crippen LogP contribution in [0.25, 0.3) is 0 Å². The number of aliphatic hydroxyl groups is 1. The minimum Gasteiger partial charge on any atom is -0.467 e. The monoisotopic (exact) mass is 295 g/mol. The number of halogens is 1. The van der Waals surface area contributed by atoms with Crippen LogP contribution in [0, 0.1) is 0 Å². The number of rotatable bonds is 4. The Morgan fingerprint density at radius 2 is 2.40 bits per heavy atom. The van der Waals surface area contributed by atoms with Crippen LogP contribution < -0.4 is 10.1 Å². The minimum atomic E-state index is -0.435. The minimum absolute atomic E-state index is 0.00186. The Hall–Kier alpha value is -1.86. The van der Waals surface area contributed by atoms with Gasteiger partial charge in [0.2, 0.25) is 0 Å². The van der Waals surface area contributed by atoms with Gasteiger partial charge in [0, 0.05) is 12.4 Å². The summed E-state index contributed by atoms with van der Waals surface area (Å²) < 4.78 is 6.71. The molecule has 2 aromatic rings. The highest BCUT2D eigenvalue weighted by atomic mass is 35.5. The van der Waals surface area contributed by atoms with Crippen molar-refractivity contribution in [2.75, 3.05) is 12.4 Å². The van der Waals surface area contributed by atoms with E-state index in [1.165, 1.54) is 13.3 Å². The molecule has 1 saturated carbocycles. The summed E-state index contributed by atoms with van der Waals surface area (Å²) in [4.78, 5) is 8.09. The van der Waals surface area contributed by atoms with E-state index >= 15 is 0 Å². The number of hydrogen-bond donors (Lipinski definition) is 2. The van der Waals surface area contributed by atoms with Crippen LogP contribution in [0.3, 0.4) is 0 Å². The molecule has 0 unspecified atom stereocenters. The summed E-state index contributed by atoms with van der Waals surface area (Å²) >= 11 is 6.06. The summed E-state index contributed by atoms with van der Waals surface area (Å²) in [6, 6.07) is 1.93. The maximum Gasteiger partial charge on any atom is 0.318 e. The summed E-state index contributed by atoms with van der Waals surface area (Å²) in [5.74, 6) is 0.493. The lowest BCUT2D eigenvalue weighted by Gasteiger charge is -2.42. The predicted molar refractivity (Wildman–Crippen MR) is 72.9 cm³/mol. The van der Waals surface area contributed by atoms with Crippen LogP contribution in [0.2, 0.25) is 5.02 Å². The Kier molecular flexibility index (Phi) is 3.45. The summed E-state index contributed by atoms with van der Waals surface area (Å²) in [5, 5.41) is 17.7. The third-order valence-electron chi connectivity index (χ3n) is 3.36. The predicted octanol–water partition coefficient (Wildman–Crippen LogP) is 1.12. The molecule has 1 aliphatic rings. The molecule has 0 saturated heterocycles. The van der Waals surface area contributed by atoms with Gasteiger partial charge in [-0.05, 0) is 12.5 Å². The number of nitrogens with zero attached hydrogens (tertiary/aromatic N) is 4. The number of methoxy groups -OCH3 is 1. The van der Waals surface area contributed by atoms with Gasteiger partial charge in [-0.3, -0.25) is 4.68 Å². The van der Waals surface area contributed by atoms with E-state index in [0.29, 0.717) is 17.3 Å². The zero-order chi connectivity index (χ0) is 14.1. The maximum atomic E-state index is 9.91. The number of aliphatic hydroxyl groups excluding tert-OH is 1. The van der Waals surface area contributed by atoms with Crippen molar-refractivity contribution >= 4 is 17.4 Å². The Labute approximate surface area is 120 Å². The molecule has 2 heterocycles. The second kappa shape index (κ2) is 5.26. The van der Waals surface area contributed by atoms with Crippen LogP contribution in [0.5, 0.6) is 6.01 Å². The molecule has 0 aliphatic heterocycles. The molecule has 3 rings (SSSR count). The van der Waals surface area contributed by atoms with Crippen molar-refractivity contribution in [2.45, 2.75) is 24.6 Å². The molecule has 2 aromatic heterocycles. The summed E-state index contributed by atoms with van der Waals surface area (Å²) in [6.45, 7) is 0. The van der Waals surface area contributed by atoms with Crippen LogP contribution in [0.15, 0.2) is 24.7 Å². The number of ether oxygens (including phenoxy) is 1. The van der Waals surface area contributed by atoms with E-state index in [1.807, 2.05) is 12.3 Å². The third kappa shape index (κ3) is 2.30. The first-order valence-corrected chi connectivity index (χ1v) is 6.57. The van der Waals surface area contributed by atoms with Crippen LogP contribution in [0.4, 0.5) is 5.82 Å². The van der Waals surface area contributed by atoms with Crippen molar-refractivity contribution < 1.29 is 9.84 Å². The molecule has 7 nitrogen and oxygen atoms in total. The fourth-order valence-electron chi connectivity index (χ4n) is 2.30. The fourth-order valence-corrected chi connectivity index (χ4v) is 2.45. The van der Waals surface area contributed by atoms with Gasteiger partial charge in [0.1, 0.15) is 5.02 Å².